The summed E-state index contributed by atoms with van der Waals surface area (Å²) in [5, 5.41) is 2.46. The Kier molecular flexibility index (Phi) is 1.83. The Balaban J connectivity index is 1.71. The summed E-state index contributed by atoms with van der Waals surface area (Å²) in [6, 6.07) is 10.3. The van der Waals surface area contributed by atoms with Crippen LogP contribution in [0.4, 0.5) is 5.69 Å². The molecule has 2 nitrogen and oxygen atoms in total. The third-order valence-corrected chi connectivity index (χ3v) is 4.34. The van der Waals surface area contributed by atoms with Crippen molar-refractivity contribution in [2.45, 2.75) is 44.2 Å². The highest BCUT2D eigenvalue weighted by Crippen LogP contribution is 2.48. The van der Waals surface area contributed by atoms with Crippen molar-refractivity contribution in [3.05, 3.63) is 29.8 Å². The van der Waals surface area contributed by atoms with Crippen LogP contribution in [0.2, 0.25) is 0 Å². The maximum atomic E-state index is 3.75. The van der Waals surface area contributed by atoms with Gasteiger partial charge in [0.1, 0.15) is 0 Å². The van der Waals surface area contributed by atoms with E-state index in [-0.39, 0.29) is 0 Å². The summed E-state index contributed by atoms with van der Waals surface area (Å²) in [4.78, 5) is 0. The summed E-state index contributed by atoms with van der Waals surface area (Å²) >= 11 is 0. The van der Waals surface area contributed by atoms with Crippen molar-refractivity contribution >= 4 is 5.69 Å². The van der Waals surface area contributed by atoms with Crippen molar-refractivity contribution in [2.75, 3.05) is 5.01 Å². The zero-order valence-electron chi connectivity index (χ0n) is 9.52. The Morgan fingerprint density at radius 2 is 1.88 bits per heavy atom. The first-order valence-electron chi connectivity index (χ1n) is 6.58. The lowest BCUT2D eigenvalue weighted by Gasteiger charge is -2.36. The van der Waals surface area contributed by atoms with Gasteiger partial charge < -0.3 is 5.01 Å². The van der Waals surface area contributed by atoms with Crippen LogP contribution >= 0.6 is 0 Å². The van der Waals surface area contributed by atoms with E-state index in [1.165, 1.54) is 43.4 Å². The minimum absolute atomic E-state index is 0.608. The number of rotatable bonds is 2. The molecule has 0 amide bonds. The standard InChI is InChI=1S/C14H18N2/c1-2-7-13-12(6-1)14(10-8-9-10)15-16(13)11-4-3-5-11/h1-2,6-7,10-11,14-15H,3-5,8-9H2. The number of anilines is 1. The molecule has 1 aliphatic heterocycles. The molecule has 84 valence electrons. The highest BCUT2D eigenvalue weighted by atomic mass is 15.6. The lowest BCUT2D eigenvalue weighted by Crippen LogP contribution is -2.46. The molecule has 3 aliphatic rings. The molecule has 2 aliphatic carbocycles. The molecular weight excluding hydrogens is 196 g/mol. The first-order chi connectivity index (χ1) is 7.93. The monoisotopic (exact) mass is 214 g/mol. The fourth-order valence-electron chi connectivity index (χ4n) is 2.99. The molecule has 0 bridgehead atoms. The smallest absolute Gasteiger partial charge is 0.0571 e. The van der Waals surface area contributed by atoms with Gasteiger partial charge in [-0.25, -0.2) is 5.43 Å². The highest BCUT2D eigenvalue weighted by molar-refractivity contribution is 5.59. The van der Waals surface area contributed by atoms with Gasteiger partial charge in [-0.3, -0.25) is 0 Å². The zero-order valence-corrected chi connectivity index (χ0v) is 9.52. The molecule has 16 heavy (non-hydrogen) atoms. The molecule has 2 heteroatoms. The first-order valence-corrected chi connectivity index (χ1v) is 6.58. The van der Waals surface area contributed by atoms with Gasteiger partial charge in [-0.1, -0.05) is 18.2 Å². The van der Waals surface area contributed by atoms with E-state index in [4.69, 9.17) is 0 Å². The van der Waals surface area contributed by atoms with Gasteiger partial charge in [0.15, 0.2) is 0 Å². The normalized spacial score (nSPS) is 29.0. The predicted octanol–water partition coefficient (Wildman–Crippen LogP) is 3.01. The van der Waals surface area contributed by atoms with E-state index >= 15 is 0 Å². The number of para-hydroxylation sites is 1. The molecule has 0 radical (unpaired) electrons. The second-order valence-corrected chi connectivity index (χ2v) is 5.46. The molecule has 1 heterocycles. The van der Waals surface area contributed by atoms with Gasteiger partial charge in [-0.15, -0.1) is 0 Å². The van der Waals surface area contributed by atoms with Gasteiger partial charge in [0.05, 0.1) is 11.7 Å². The van der Waals surface area contributed by atoms with Crippen LogP contribution in [0.5, 0.6) is 0 Å². The Morgan fingerprint density at radius 1 is 1.06 bits per heavy atom. The molecule has 1 aromatic rings. The largest absolute Gasteiger partial charge is 0.304 e. The van der Waals surface area contributed by atoms with Gasteiger partial charge in [-0.2, -0.15) is 0 Å². The number of hydrogen-bond acceptors (Lipinski definition) is 2. The summed E-state index contributed by atoms with van der Waals surface area (Å²) < 4.78 is 0. The van der Waals surface area contributed by atoms with Crippen LogP contribution < -0.4 is 10.4 Å². The van der Waals surface area contributed by atoms with Gasteiger partial charge in [0.2, 0.25) is 0 Å². The summed E-state index contributed by atoms with van der Waals surface area (Å²) in [6.45, 7) is 0. The minimum atomic E-state index is 0.608. The zero-order chi connectivity index (χ0) is 10.5. The first kappa shape index (κ1) is 9.06. The summed E-state index contributed by atoms with van der Waals surface area (Å²) in [5.41, 5.74) is 6.74. The minimum Gasteiger partial charge on any atom is -0.304 e. The Morgan fingerprint density at radius 3 is 2.56 bits per heavy atom. The van der Waals surface area contributed by atoms with Gasteiger partial charge >= 0.3 is 0 Å². The maximum Gasteiger partial charge on any atom is 0.0571 e. The van der Waals surface area contributed by atoms with Crippen molar-refractivity contribution < 1.29 is 0 Å². The SMILES string of the molecule is c1ccc2c(c1)C(C1CC1)NN2C1CCC1. The summed E-state index contributed by atoms with van der Waals surface area (Å²) in [6.07, 6.45) is 6.94. The molecule has 1 N–H and O–H groups in total. The van der Waals surface area contributed by atoms with E-state index in [0.717, 1.165) is 12.0 Å². The number of nitrogens with one attached hydrogen (secondary N) is 1. The number of benzene rings is 1. The average Bonchev–Trinajstić information content (AvgIpc) is 3.01. The van der Waals surface area contributed by atoms with Crippen molar-refractivity contribution in [2.24, 2.45) is 5.92 Å². The molecule has 1 aromatic carbocycles. The molecule has 0 saturated heterocycles. The number of nitrogens with zero attached hydrogens (tertiary/aromatic N) is 1. The van der Waals surface area contributed by atoms with E-state index in [0.29, 0.717) is 6.04 Å². The van der Waals surface area contributed by atoms with Crippen LogP contribution in [0.3, 0.4) is 0 Å². The Hall–Kier alpha value is -1.02. The van der Waals surface area contributed by atoms with E-state index < -0.39 is 0 Å². The molecule has 4 rings (SSSR count). The highest BCUT2D eigenvalue weighted by Gasteiger charge is 2.41. The van der Waals surface area contributed by atoms with Crippen LogP contribution in [0.15, 0.2) is 24.3 Å². The van der Waals surface area contributed by atoms with Crippen molar-refractivity contribution in [1.82, 2.24) is 5.43 Å². The molecule has 0 spiro atoms. The lowest BCUT2D eigenvalue weighted by atomic mass is 9.92. The quantitative estimate of drug-likeness (QED) is 0.814. The molecule has 1 unspecified atom stereocenters. The molecular formula is C14H18N2. The van der Waals surface area contributed by atoms with Crippen LogP contribution in [0.25, 0.3) is 0 Å². The van der Waals surface area contributed by atoms with Crippen molar-refractivity contribution in [1.29, 1.82) is 0 Å². The Labute approximate surface area is 96.6 Å². The number of fused-ring (bicyclic) bond motifs is 1. The molecule has 2 fully saturated rings. The van der Waals surface area contributed by atoms with Crippen LogP contribution in [0.1, 0.15) is 43.7 Å². The number of hydrazine groups is 1. The summed E-state index contributed by atoms with van der Waals surface area (Å²) in [7, 11) is 0. The van der Waals surface area contributed by atoms with E-state index in [1.54, 1.807) is 0 Å². The Bertz CT molecular complexity index is 407. The molecule has 2 saturated carbocycles. The third-order valence-electron chi connectivity index (χ3n) is 4.34. The summed E-state index contributed by atoms with van der Waals surface area (Å²) in [5.74, 6) is 0.895. The molecule has 0 aromatic heterocycles. The van der Waals surface area contributed by atoms with Gasteiger partial charge in [0, 0.05) is 6.04 Å². The molecule has 1 atom stereocenters. The predicted molar refractivity (Wildman–Crippen MR) is 65.2 cm³/mol. The second-order valence-electron chi connectivity index (χ2n) is 5.46. The van der Waals surface area contributed by atoms with Crippen LogP contribution in [0, 0.1) is 5.92 Å². The fraction of sp³-hybridized carbons (Fsp3) is 0.571. The second kappa shape index (κ2) is 3.24. The topological polar surface area (TPSA) is 15.3 Å². The van der Waals surface area contributed by atoms with Gasteiger partial charge in [0.25, 0.3) is 0 Å². The van der Waals surface area contributed by atoms with E-state index in [9.17, 15) is 0 Å². The third kappa shape index (κ3) is 1.23. The van der Waals surface area contributed by atoms with E-state index in [1.807, 2.05) is 0 Å². The van der Waals surface area contributed by atoms with E-state index in [2.05, 4.69) is 34.7 Å². The van der Waals surface area contributed by atoms with Gasteiger partial charge in [-0.05, 0) is 49.7 Å². The maximum absolute atomic E-state index is 3.75. The van der Waals surface area contributed by atoms with Crippen molar-refractivity contribution in [3.63, 3.8) is 0 Å². The van der Waals surface area contributed by atoms with Crippen molar-refractivity contribution in [3.8, 4) is 0 Å². The number of hydrogen-bond donors (Lipinski definition) is 1. The fourth-order valence-corrected chi connectivity index (χ4v) is 2.99. The van der Waals surface area contributed by atoms with Crippen LogP contribution in [-0.2, 0) is 0 Å². The van der Waals surface area contributed by atoms with Crippen LogP contribution in [-0.4, -0.2) is 6.04 Å². The lowest BCUT2D eigenvalue weighted by molar-refractivity contribution is 0.343. The average molecular weight is 214 g/mol.